The first-order valence-electron chi connectivity index (χ1n) is 7.11. The summed E-state index contributed by atoms with van der Waals surface area (Å²) >= 11 is 6.10. The first-order chi connectivity index (χ1) is 9.95. The molecule has 0 unspecified atom stereocenters. The Morgan fingerprint density at radius 1 is 1.33 bits per heavy atom. The fourth-order valence-electron chi connectivity index (χ4n) is 2.46. The standard InChI is InChI=1S/C15H20ClN3O2/c1-11-3-4-14(13(16)9-11)17-15(21)10-18-5-7-19(8-6-18)12(2)20/h3-4,9H,5-8,10H2,1-2H3,(H,17,21)/p+1. The Morgan fingerprint density at radius 2 is 2.00 bits per heavy atom. The third kappa shape index (κ3) is 4.44. The molecule has 2 N–H and O–H groups in total. The largest absolute Gasteiger partial charge is 0.332 e. The molecule has 2 rings (SSSR count). The third-order valence-corrected chi connectivity index (χ3v) is 4.04. The Labute approximate surface area is 129 Å². The van der Waals surface area contributed by atoms with E-state index < -0.39 is 0 Å². The van der Waals surface area contributed by atoms with Crippen LogP contribution < -0.4 is 10.2 Å². The summed E-state index contributed by atoms with van der Waals surface area (Å²) < 4.78 is 0. The highest BCUT2D eigenvalue weighted by molar-refractivity contribution is 6.33. The van der Waals surface area contributed by atoms with Crippen molar-refractivity contribution in [1.82, 2.24) is 4.90 Å². The van der Waals surface area contributed by atoms with Crippen LogP contribution in [0, 0.1) is 6.92 Å². The van der Waals surface area contributed by atoms with Crippen LogP contribution in [0.3, 0.4) is 0 Å². The molecule has 1 saturated heterocycles. The molecule has 1 heterocycles. The first-order valence-corrected chi connectivity index (χ1v) is 7.48. The Kier molecular flexibility index (Phi) is 5.20. The first kappa shape index (κ1) is 15.8. The molecule has 114 valence electrons. The highest BCUT2D eigenvalue weighted by Crippen LogP contribution is 2.22. The number of halogens is 1. The minimum atomic E-state index is -0.0490. The highest BCUT2D eigenvalue weighted by Gasteiger charge is 2.23. The molecule has 5 nitrogen and oxygen atoms in total. The average molecular weight is 311 g/mol. The van der Waals surface area contributed by atoms with Crippen LogP contribution in [0.4, 0.5) is 5.69 Å². The molecular formula is C15H21ClN3O2+. The lowest BCUT2D eigenvalue weighted by Gasteiger charge is -2.31. The van der Waals surface area contributed by atoms with E-state index in [4.69, 9.17) is 11.6 Å². The van der Waals surface area contributed by atoms with Crippen molar-refractivity contribution >= 4 is 29.1 Å². The summed E-state index contributed by atoms with van der Waals surface area (Å²) in [6.45, 7) is 6.96. The summed E-state index contributed by atoms with van der Waals surface area (Å²) in [7, 11) is 0. The Balaban J connectivity index is 1.84. The van der Waals surface area contributed by atoms with Gasteiger partial charge < -0.3 is 15.1 Å². The number of aryl methyl sites for hydroxylation is 1. The highest BCUT2D eigenvalue weighted by atomic mass is 35.5. The molecule has 1 aliphatic rings. The van der Waals surface area contributed by atoms with Gasteiger partial charge in [-0.3, -0.25) is 9.59 Å². The number of rotatable bonds is 3. The maximum Gasteiger partial charge on any atom is 0.279 e. The molecular weight excluding hydrogens is 290 g/mol. The van der Waals surface area contributed by atoms with Crippen molar-refractivity contribution in [3.8, 4) is 0 Å². The second-order valence-electron chi connectivity index (χ2n) is 5.46. The maximum absolute atomic E-state index is 12.1. The topological polar surface area (TPSA) is 53.9 Å². The predicted octanol–water partition coefficient (Wildman–Crippen LogP) is 0.334. The molecule has 0 saturated carbocycles. The zero-order chi connectivity index (χ0) is 15.4. The minimum Gasteiger partial charge on any atom is -0.332 e. The van der Waals surface area contributed by atoms with Crippen molar-refractivity contribution in [2.45, 2.75) is 13.8 Å². The van der Waals surface area contributed by atoms with Crippen LogP contribution in [0.5, 0.6) is 0 Å². The normalized spacial score (nSPS) is 15.9. The van der Waals surface area contributed by atoms with Gasteiger partial charge in [-0.05, 0) is 24.6 Å². The fourth-order valence-corrected chi connectivity index (χ4v) is 2.74. The van der Waals surface area contributed by atoms with Crippen LogP contribution in [-0.4, -0.2) is 49.4 Å². The van der Waals surface area contributed by atoms with Gasteiger partial charge in [0.25, 0.3) is 5.91 Å². The fraction of sp³-hybridized carbons (Fsp3) is 0.467. The van der Waals surface area contributed by atoms with Gasteiger partial charge in [-0.25, -0.2) is 0 Å². The lowest BCUT2D eigenvalue weighted by atomic mass is 10.2. The van der Waals surface area contributed by atoms with E-state index in [0.717, 1.165) is 18.7 Å². The molecule has 0 spiro atoms. The molecule has 1 aromatic carbocycles. The summed E-state index contributed by atoms with van der Waals surface area (Å²) in [5.41, 5.74) is 1.71. The van der Waals surface area contributed by atoms with Crippen LogP contribution in [0.1, 0.15) is 12.5 Å². The van der Waals surface area contributed by atoms with Gasteiger partial charge in [-0.15, -0.1) is 0 Å². The zero-order valence-corrected chi connectivity index (χ0v) is 13.2. The second-order valence-corrected chi connectivity index (χ2v) is 5.87. The number of quaternary nitrogens is 1. The monoisotopic (exact) mass is 310 g/mol. The zero-order valence-electron chi connectivity index (χ0n) is 12.4. The smallest absolute Gasteiger partial charge is 0.279 e. The molecule has 2 amide bonds. The van der Waals surface area contributed by atoms with E-state index in [1.807, 2.05) is 30.0 Å². The number of hydrogen-bond donors (Lipinski definition) is 2. The van der Waals surface area contributed by atoms with E-state index in [9.17, 15) is 9.59 Å². The number of piperazine rings is 1. The Hall–Kier alpha value is -1.59. The van der Waals surface area contributed by atoms with E-state index in [0.29, 0.717) is 30.3 Å². The van der Waals surface area contributed by atoms with Gasteiger partial charge in [0.15, 0.2) is 6.54 Å². The van der Waals surface area contributed by atoms with Crippen molar-refractivity contribution in [2.24, 2.45) is 0 Å². The molecule has 1 aromatic rings. The predicted molar refractivity (Wildman–Crippen MR) is 82.6 cm³/mol. The summed E-state index contributed by atoms with van der Waals surface area (Å²) in [6, 6.07) is 5.56. The molecule has 0 aliphatic carbocycles. The summed E-state index contributed by atoms with van der Waals surface area (Å²) in [4.78, 5) is 26.3. The number of anilines is 1. The molecule has 21 heavy (non-hydrogen) atoms. The molecule has 0 radical (unpaired) electrons. The quantitative estimate of drug-likeness (QED) is 0.845. The van der Waals surface area contributed by atoms with E-state index >= 15 is 0 Å². The number of nitrogens with zero attached hydrogens (tertiary/aromatic N) is 1. The van der Waals surface area contributed by atoms with E-state index in [1.54, 1.807) is 6.92 Å². The molecule has 0 atom stereocenters. The van der Waals surface area contributed by atoms with Gasteiger partial charge in [0.2, 0.25) is 5.91 Å². The van der Waals surface area contributed by atoms with Gasteiger partial charge in [0.05, 0.1) is 36.9 Å². The van der Waals surface area contributed by atoms with Gasteiger partial charge in [0.1, 0.15) is 0 Å². The Morgan fingerprint density at radius 3 is 2.57 bits per heavy atom. The molecule has 0 aromatic heterocycles. The number of nitrogens with one attached hydrogen (secondary N) is 2. The van der Waals surface area contributed by atoms with Crippen LogP contribution in [0.25, 0.3) is 0 Å². The summed E-state index contributed by atoms with van der Waals surface area (Å²) in [5.74, 6) is 0.0527. The second kappa shape index (κ2) is 6.91. The van der Waals surface area contributed by atoms with Crippen LogP contribution in [0.15, 0.2) is 18.2 Å². The van der Waals surface area contributed by atoms with Gasteiger partial charge in [-0.2, -0.15) is 0 Å². The number of carbonyl (C=O) groups is 2. The minimum absolute atomic E-state index is 0.0490. The summed E-state index contributed by atoms with van der Waals surface area (Å²) in [5, 5.41) is 3.40. The molecule has 1 aliphatic heterocycles. The number of carbonyl (C=O) groups excluding carboxylic acids is 2. The van der Waals surface area contributed by atoms with Crippen molar-refractivity contribution in [3.63, 3.8) is 0 Å². The maximum atomic E-state index is 12.1. The third-order valence-electron chi connectivity index (χ3n) is 3.73. The lowest BCUT2D eigenvalue weighted by molar-refractivity contribution is -0.895. The van der Waals surface area contributed by atoms with Crippen molar-refractivity contribution in [1.29, 1.82) is 0 Å². The van der Waals surface area contributed by atoms with Crippen molar-refractivity contribution in [3.05, 3.63) is 28.8 Å². The van der Waals surface area contributed by atoms with Gasteiger partial charge in [0, 0.05) is 6.92 Å². The SMILES string of the molecule is CC(=O)N1CC[NH+](CC(=O)Nc2ccc(C)cc2Cl)CC1. The van der Waals surface area contributed by atoms with E-state index in [-0.39, 0.29) is 11.8 Å². The average Bonchev–Trinajstić information content (AvgIpc) is 2.42. The molecule has 1 fully saturated rings. The van der Waals surface area contributed by atoms with Crippen molar-refractivity contribution < 1.29 is 14.5 Å². The molecule has 6 heteroatoms. The lowest BCUT2D eigenvalue weighted by Crippen LogP contribution is -3.15. The van der Waals surface area contributed by atoms with Gasteiger partial charge >= 0.3 is 0 Å². The van der Waals surface area contributed by atoms with E-state index in [1.165, 1.54) is 4.90 Å². The number of amides is 2. The van der Waals surface area contributed by atoms with Gasteiger partial charge in [-0.1, -0.05) is 17.7 Å². The molecule has 0 bridgehead atoms. The number of hydrogen-bond acceptors (Lipinski definition) is 2. The van der Waals surface area contributed by atoms with E-state index in [2.05, 4.69) is 5.32 Å². The van der Waals surface area contributed by atoms with Crippen LogP contribution >= 0.6 is 11.6 Å². The van der Waals surface area contributed by atoms with Crippen LogP contribution in [0.2, 0.25) is 5.02 Å². The van der Waals surface area contributed by atoms with Crippen LogP contribution in [-0.2, 0) is 9.59 Å². The summed E-state index contributed by atoms with van der Waals surface area (Å²) in [6.07, 6.45) is 0. The Bertz CT molecular complexity index is 540. The van der Waals surface area contributed by atoms with Crippen molar-refractivity contribution in [2.75, 3.05) is 38.0 Å². The number of benzene rings is 1.